The van der Waals surface area contributed by atoms with Crippen molar-refractivity contribution in [3.05, 3.63) is 283 Å². The molecule has 0 bridgehead atoms. The maximum Gasteiger partial charge on any atom is 0.252 e. The third kappa shape index (κ3) is 5.85. The Morgan fingerprint density at radius 3 is 1.31 bits per heavy atom. The third-order valence-electron chi connectivity index (χ3n) is 22.5. The van der Waals surface area contributed by atoms with Crippen LogP contribution in [0.15, 0.2) is 261 Å². The number of fused-ring (bicyclic) bond motifs is 21. The lowest BCUT2D eigenvalue weighted by Gasteiger charge is -2.52. The van der Waals surface area contributed by atoms with Crippen LogP contribution in [-0.4, -0.2) is 27.1 Å². The molecule has 0 atom stereocenters. The second kappa shape index (κ2) is 16.6. The fourth-order valence-corrected chi connectivity index (χ4v) is 18.7. The van der Waals surface area contributed by atoms with Gasteiger partial charge in [-0.2, -0.15) is 0 Å². The van der Waals surface area contributed by atoms with Crippen molar-refractivity contribution in [1.29, 1.82) is 0 Å². The average Bonchev–Trinajstić information content (AvgIpc) is 1.72. The Morgan fingerprint density at radius 1 is 0.264 bits per heavy atom. The molecular formula is C84H55B2N5. The summed E-state index contributed by atoms with van der Waals surface area (Å²) in [6.45, 7) is 9.77. The first-order valence-electron chi connectivity index (χ1n) is 32.3. The lowest BCUT2D eigenvalue weighted by molar-refractivity contribution is 0.632. The van der Waals surface area contributed by atoms with Crippen LogP contribution in [0.25, 0.3) is 105 Å². The topological polar surface area (TPSA) is 21.3 Å². The molecule has 422 valence electrons. The van der Waals surface area contributed by atoms with Crippen LogP contribution in [0.5, 0.6) is 0 Å². The van der Waals surface area contributed by atoms with E-state index in [9.17, 15) is 0 Å². The van der Waals surface area contributed by atoms with E-state index in [2.05, 4.69) is 312 Å². The number of hydrogen-bond donors (Lipinski definition) is 0. The van der Waals surface area contributed by atoms with Crippen LogP contribution < -0.4 is 42.6 Å². The summed E-state index contributed by atoms with van der Waals surface area (Å²) in [5.41, 5.74) is 37.0. The van der Waals surface area contributed by atoms with E-state index in [-0.39, 0.29) is 24.3 Å². The van der Waals surface area contributed by atoms with Crippen molar-refractivity contribution in [2.75, 3.05) is 9.80 Å². The van der Waals surface area contributed by atoms with Gasteiger partial charge in [0, 0.05) is 94.0 Å². The van der Waals surface area contributed by atoms with Gasteiger partial charge in [-0.25, -0.2) is 0 Å². The molecular weight excluding hydrogens is 1100 g/mol. The summed E-state index contributed by atoms with van der Waals surface area (Å²) in [5, 5.41) is 7.66. The van der Waals surface area contributed by atoms with Gasteiger partial charge in [0.1, 0.15) is 0 Å². The number of para-hydroxylation sites is 8. The van der Waals surface area contributed by atoms with Crippen molar-refractivity contribution < 1.29 is 0 Å². The summed E-state index contributed by atoms with van der Waals surface area (Å²) in [6.07, 6.45) is 0. The van der Waals surface area contributed by atoms with Crippen molar-refractivity contribution in [2.24, 2.45) is 0 Å². The zero-order valence-electron chi connectivity index (χ0n) is 50.7. The normalized spacial score (nSPS) is 15.1. The summed E-state index contributed by atoms with van der Waals surface area (Å²) in [7, 11) is 0. The first kappa shape index (κ1) is 48.9. The molecule has 7 heteroatoms. The third-order valence-corrected chi connectivity index (χ3v) is 22.5. The van der Waals surface area contributed by atoms with Crippen molar-refractivity contribution in [3.8, 4) is 39.3 Å². The Kier molecular flexibility index (Phi) is 8.94. The molecule has 9 heterocycles. The van der Waals surface area contributed by atoms with E-state index in [0.29, 0.717) is 0 Å². The van der Waals surface area contributed by atoms with Crippen LogP contribution in [-0.2, 0) is 10.8 Å². The van der Waals surface area contributed by atoms with E-state index >= 15 is 0 Å². The minimum Gasteiger partial charge on any atom is -0.311 e. The molecule has 13 aromatic carbocycles. The molecule has 0 spiro atoms. The molecule has 0 fully saturated rings. The standard InChI is InChI=1S/C84H55B2N5/c1-83(2)59-23-8-13-33-71(59)90-75-46-51(47-76-78(75)85(64-28-16-25-61(83)81(64)90)65-29-17-26-62-82(65)91(76)72-34-14-9-24-60(72)84(62,3)4)48-37-40-52(41-38-48)87-67-30-10-6-20-54(67)57-43-49(39-42-70(57)87)50-44-58-55-21-7-12-32-69(55)89-74-36-18-35-73-77(74)86(66(45-50)80(58)89)63-27-15-22-56-53-19-5-11-31-68(53)88(73)79(56)63/h5-47H,1-4H3. The minimum absolute atomic E-state index is 0.0532. The Hall–Kier alpha value is -11.0. The number of hydrogen-bond acceptors (Lipinski definition) is 2. The van der Waals surface area contributed by atoms with E-state index < -0.39 is 0 Å². The second-order valence-corrected chi connectivity index (χ2v) is 27.5. The smallest absolute Gasteiger partial charge is 0.252 e. The Bertz CT molecular complexity index is 5930. The minimum atomic E-state index is -0.195. The predicted octanol–water partition coefficient (Wildman–Crippen LogP) is 16.8. The van der Waals surface area contributed by atoms with Gasteiger partial charge < -0.3 is 23.5 Å². The molecule has 0 N–H and O–H groups in total. The highest BCUT2D eigenvalue weighted by atomic mass is 15.2. The molecule has 3 aromatic heterocycles. The molecule has 5 nitrogen and oxygen atoms in total. The summed E-state index contributed by atoms with van der Waals surface area (Å²) in [5.74, 6) is 0. The van der Waals surface area contributed by atoms with Crippen LogP contribution in [0.2, 0.25) is 0 Å². The van der Waals surface area contributed by atoms with Crippen LogP contribution in [0, 0.1) is 0 Å². The number of aromatic nitrogens is 3. The first-order chi connectivity index (χ1) is 44.7. The Balaban J connectivity index is 0.719. The number of rotatable bonds is 3. The molecule has 16 aromatic rings. The lowest BCUT2D eigenvalue weighted by atomic mass is 9.32. The maximum absolute atomic E-state index is 2.64. The molecule has 0 amide bonds. The van der Waals surface area contributed by atoms with E-state index in [0.717, 1.165) is 5.69 Å². The first-order valence-corrected chi connectivity index (χ1v) is 32.3. The number of anilines is 6. The molecule has 91 heavy (non-hydrogen) atoms. The zero-order valence-corrected chi connectivity index (χ0v) is 50.7. The van der Waals surface area contributed by atoms with Gasteiger partial charge in [0.05, 0.1) is 33.4 Å². The molecule has 0 unspecified atom stereocenters. The molecule has 22 rings (SSSR count). The van der Waals surface area contributed by atoms with Gasteiger partial charge in [-0.05, 0) is 162 Å². The highest BCUT2D eigenvalue weighted by Crippen LogP contribution is 2.58. The molecule has 0 radical (unpaired) electrons. The van der Waals surface area contributed by atoms with Crippen molar-refractivity contribution >= 4 is 146 Å². The largest absolute Gasteiger partial charge is 0.311 e. The van der Waals surface area contributed by atoms with Crippen molar-refractivity contribution in [3.63, 3.8) is 0 Å². The summed E-state index contributed by atoms with van der Waals surface area (Å²) in [6, 6.07) is 100. The monoisotopic (exact) mass is 1160 g/mol. The Morgan fingerprint density at radius 2 is 0.681 bits per heavy atom. The van der Waals surface area contributed by atoms with Crippen LogP contribution >= 0.6 is 0 Å². The van der Waals surface area contributed by atoms with E-state index in [1.807, 2.05) is 0 Å². The molecule has 0 aliphatic carbocycles. The number of benzene rings is 13. The van der Waals surface area contributed by atoms with Crippen LogP contribution in [0.4, 0.5) is 34.1 Å². The summed E-state index contributed by atoms with van der Waals surface area (Å²) < 4.78 is 7.60. The van der Waals surface area contributed by atoms with Gasteiger partial charge in [0.2, 0.25) is 0 Å². The fourth-order valence-electron chi connectivity index (χ4n) is 18.7. The fraction of sp³-hybridized carbons (Fsp3) is 0.0714. The summed E-state index contributed by atoms with van der Waals surface area (Å²) in [4.78, 5) is 5.27. The Labute approximate surface area is 527 Å². The maximum atomic E-state index is 2.64. The quantitative estimate of drug-likeness (QED) is 0.164. The lowest BCUT2D eigenvalue weighted by Crippen LogP contribution is -2.63. The average molecular weight is 1160 g/mol. The van der Waals surface area contributed by atoms with Crippen molar-refractivity contribution in [2.45, 2.75) is 38.5 Å². The van der Waals surface area contributed by atoms with Crippen LogP contribution in [0.1, 0.15) is 49.9 Å². The van der Waals surface area contributed by atoms with Gasteiger partial charge in [-0.15, -0.1) is 0 Å². The van der Waals surface area contributed by atoms with Gasteiger partial charge in [0.25, 0.3) is 13.4 Å². The van der Waals surface area contributed by atoms with E-state index in [1.54, 1.807) is 0 Å². The van der Waals surface area contributed by atoms with Crippen LogP contribution in [0.3, 0.4) is 0 Å². The molecule has 0 saturated heterocycles. The second-order valence-electron chi connectivity index (χ2n) is 27.5. The predicted molar refractivity (Wildman–Crippen MR) is 383 cm³/mol. The van der Waals surface area contributed by atoms with Gasteiger partial charge in [0.15, 0.2) is 0 Å². The van der Waals surface area contributed by atoms with Crippen molar-refractivity contribution in [1.82, 2.24) is 13.7 Å². The zero-order chi connectivity index (χ0) is 59.7. The SMILES string of the molecule is CC1(C)c2ccccc2N2c3cc(-c4ccc(-n5c6ccccc6c6cc(-c7cc8c9c(c7)c7ccccc7n9-c7cccc9c7B8c7cccc8c%10ccccc%10n-9c78)ccc65)cc4)cc4c3B(c3cccc1c32)c1cccc2c1N4c1ccccc1C2(C)C. The molecule has 0 saturated carbocycles. The summed E-state index contributed by atoms with van der Waals surface area (Å²) >= 11 is 0. The van der Waals surface area contributed by atoms with E-state index in [1.165, 1.54) is 188 Å². The number of nitrogens with zero attached hydrogens (tertiary/aromatic N) is 5. The van der Waals surface area contributed by atoms with E-state index in [4.69, 9.17) is 0 Å². The highest BCUT2D eigenvalue weighted by molar-refractivity contribution is 7.01. The van der Waals surface area contributed by atoms with Gasteiger partial charge in [-0.1, -0.05) is 204 Å². The van der Waals surface area contributed by atoms with Gasteiger partial charge >= 0.3 is 0 Å². The molecule has 6 aliphatic rings. The molecule has 6 aliphatic heterocycles. The highest BCUT2D eigenvalue weighted by Gasteiger charge is 2.51. The van der Waals surface area contributed by atoms with Gasteiger partial charge in [-0.3, -0.25) is 0 Å².